The average molecular weight is 107 g/mol. The van der Waals surface area contributed by atoms with Gasteiger partial charge >= 0.3 is 0 Å². The Labute approximate surface area is 50.1 Å². The molecule has 0 aliphatic carbocycles. The maximum absolute atomic E-state index is 8.11. The summed E-state index contributed by atoms with van der Waals surface area (Å²) >= 11 is 0. The van der Waals surface area contributed by atoms with E-state index in [2.05, 4.69) is 5.32 Å². The van der Waals surface area contributed by atoms with Gasteiger partial charge in [0.15, 0.2) is 0 Å². The summed E-state index contributed by atoms with van der Waals surface area (Å²) in [5.41, 5.74) is 0. The highest BCUT2D eigenvalue weighted by atomic mass is 14.9. The van der Waals surface area contributed by atoms with Crippen molar-refractivity contribution >= 4 is 7.28 Å². The van der Waals surface area contributed by atoms with Gasteiger partial charge in [-0.3, -0.25) is 0 Å². The van der Waals surface area contributed by atoms with Crippen molar-refractivity contribution in [2.24, 2.45) is 5.92 Å². The number of rotatable bonds is 2. The zero-order chi connectivity index (χ0) is 5.82. The summed E-state index contributed by atoms with van der Waals surface area (Å²) in [5.74, 6) is 2.76. The van der Waals surface area contributed by atoms with Gasteiger partial charge in [0, 0.05) is 0 Å². The van der Waals surface area contributed by atoms with Crippen LogP contribution < -0.4 is 5.32 Å². The van der Waals surface area contributed by atoms with Crippen LogP contribution in [0.15, 0.2) is 0 Å². The Morgan fingerprint density at radius 2 is 2.50 bits per heavy atom. The number of nitrogens with one attached hydrogen (secondary N) is 1. The number of nitriles is 1. The summed E-state index contributed by atoms with van der Waals surface area (Å²) in [4.78, 5) is 0. The molecule has 1 rings (SSSR count). The normalized spacial score (nSPS) is 18.9. The van der Waals surface area contributed by atoms with Crippen molar-refractivity contribution in [3.05, 3.63) is 0 Å². The maximum atomic E-state index is 8.11. The first-order valence-electron chi connectivity index (χ1n) is 2.85. The monoisotopic (exact) mass is 107 g/mol. The lowest BCUT2D eigenvalue weighted by atomic mass is 9.70. The van der Waals surface area contributed by atoms with Crippen LogP contribution in [0.2, 0.25) is 6.32 Å². The van der Waals surface area contributed by atoms with Crippen molar-refractivity contribution in [1.29, 1.82) is 5.26 Å². The minimum atomic E-state index is 0.745. The van der Waals surface area contributed by atoms with Crippen molar-refractivity contribution in [1.82, 2.24) is 5.32 Å². The van der Waals surface area contributed by atoms with Gasteiger partial charge in [0.1, 0.15) is 0 Å². The van der Waals surface area contributed by atoms with Crippen LogP contribution in [0.3, 0.4) is 0 Å². The van der Waals surface area contributed by atoms with Gasteiger partial charge in [-0.2, -0.15) is 0 Å². The van der Waals surface area contributed by atoms with E-state index in [9.17, 15) is 0 Å². The molecule has 0 bridgehead atoms. The van der Waals surface area contributed by atoms with Crippen LogP contribution in [-0.2, 0) is 0 Å². The first-order chi connectivity index (χ1) is 3.93. The summed E-state index contributed by atoms with van der Waals surface area (Å²) < 4.78 is 0. The van der Waals surface area contributed by atoms with Crippen LogP contribution in [0.25, 0.3) is 0 Å². The minimum Gasteiger partial charge on any atom is -0.316 e. The third kappa shape index (κ3) is 1.24. The number of hydrogen-bond donors (Lipinski definition) is 1. The van der Waals surface area contributed by atoms with E-state index in [1.165, 1.54) is 0 Å². The Morgan fingerprint density at radius 1 is 1.75 bits per heavy atom. The molecule has 0 aromatic carbocycles. The predicted molar refractivity (Wildman–Crippen MR) is 32.5 cm³/mol. The molecule has 0 aromatic rings. The summed E-state index contributed by atoms with van der Waals surface area (Å²) in [5, 5.41) is 11.2. The Hall–Kier alpha value is -0.485. The lowest BCUT2D eigenvalue weighted by Crippen LogP contribution is -2.42. The standard InChI is InChI=1S/C5H8BN2/c7-4-6-1-5-2-8-3-5/h5,8H,1-3H2. The molecule has 3 heteroatoms. The number of hydrogen-bond acceptors (Lipinski definition) is 2. The van der Waals surface area contributed by atoms with Crippen molar-refractivity contribution in [3.8, 4) is 5.97 Å². The molecule has 1 saturated heterocycles. The zero-order valence-corrected chi connectivity index (χ0v) is 4.72. The van der Waals surface area contributed by atoms with Gasteiger partial charge in [0.25, 0.3) is 7.28 Å². The Kier molecular flexibility index (Phi) is 1.93. The van der Waals surface area contributed by atoms with Gasteiger partial charge in [-0.15, -0.1) is 0 Å². The molecule has 1 aliphatic rings. The SMILES string of the molecule is N#C[B]CC1CNC1. The summed E-state index contributed by atoms with van der Waals surface area (Å²) in [7, 11) is 1.67. The largest absolute Gasteiger partial charge is 0.316 e. The fraction of sp³-hybridized carbons (Fsp3) is 0.800. The quantitative estimate of drug-likeness (QED) is 0.496. The van der Waals surface area contributed by atoms with E-state index in [4.69, 9.17) is 5.26 Å². The molecule has 1 radical (unpaired) electrons. The molecule has 1 fully saturated rings. The molecule has 0 spiro atoms. The first kappa shape index (κ1) is 5.65. The van der Waals surface area contributed by atoms with E-state index in [1.807, 2.05) is 5.97 Å². The lowest BCUT2D eigenvalue weighted by molar-refractivity contribution is 0.378. The molecule has 8 heavy (non-hydrogen) atoms. The van der Waals surface area contributed by atoms with Crippen LogP contribution in [0.5, 0.6) is 0 Å². The first-order valence-corrected chi connectivity index (χ1v) is 2.85. The van der Waals surface area contributed by atoms with Crippen LogP contribution >= 0.6 is 0 Å². The fourth-order valence-electron chi connectivity index (χ4n) is 0.734. The van der Waals surface area contributed by atoms with Crippen molar-refractivity contribution in [2.45, 2.75) is 6.32 Å². The van der Waals surface area contributed by atoms with Crippen LogP contribution in [0, 0.1) is 17.1 Å². The third-order valence-electron chi connectivity index (χ3n) is 1.41. The summed E-state index contributed by atoms with van der Waals surface area (Å²) in [6.07, 6.45) is 0.962. The second-order valence-corrected chi connectivity index (χ2v) is 2.09. The Balaban J connectivity index is 1.95. The molecule has 0 amide bonds. The summed E-state index contributed by atoms with van der Waals surface area (Å²) in [6, 6.07) is 0. The molecule has 0 unspecified atom stereocenters. The Morgan fingerprint density at radius 3 is 2.88 bits per heavy atom. The molecule has 2 nitrogen and oxygen atoms in total. The van der Waals surface area contributed by atoms with Gasteiger partial charge in [0.2, 0.25) is 0 Å². The van der Waals surface area contributed by atoms with Crippen LogP contribution in [-0.4, -0.2) is 20.4 Å². The zero-order valence-electron chi connectivity index (χ0n) is 4.72. The van der Waals surface area contributed by atoms with Gasteiger partial charge in [-0.25, -0.2) is 5.26 Å². The van der Waals surface area contributed by atoms with E-state index in [0.717, 1.165) is 25.3 Å². The Bertz CT molecular complexity index is 103. The third-order valence-corrected chi connectivity index (χ3v) is 1.41. The highest BCUT2D eigenvalue weighted by molar-refractivity contribution is 6.45. The van der Waals surface area contributed by atoms with E-state index >= 15 is 0 Å². The number of nitrogens with zero attached hydrogens (tertiary/aromatic N) is 1. The van der Waals surface area contributed by atoms with Gasteiger partial charge in [-0.1, -0.05) is 6.32 Å². The second-order valence-electron chi connectivity index (χ2n) is 2.09. The predicted octanol–water partition coefficient (Wildman–Crippen LogP) is -0.191. The molecule has 1 heterocycles. The van der Waals surface area contributed by atoms with Gasteiger partial charge in [-0.05, 0) is 25.0 Å². The molecular weight excluding hydrogens is 98.9 g/mol. The molecule has 1 N–H and O–H groups in total. The van der Waals surface area contributed by atoms with Crippen LogP contribution in [0.4, 0.5) is 0 Å². The fourth-order valence-corrected chi connectivity index (χ4v) is 0.734. The van der Waals surface area contributed by atoms with E-state index < -0.39 is 0 Å². The van der Waals surface area contributed by atoms with Gasteiger partial charge in [0.05, 0.1) is 0 Å². The highest BCUT2D eigenvalue weighted by Crippen LogP contribution is 2.06. The van der Waals surface area contributed by atoms with E-state index in [1.54, 1.807) is 7.28 Å². The molecule has 0 atom stereocenters. The van der Waals surface area contributed by atoms with Crippen molar-refractivity contribution < 1.29 is 0 Å². The molecule has 0 aromatic heterocycles. The van der Waals surface area contributed by atoms with E-state index in [0.29, 0.717) is 0 Å². The molecule has 41 valence electrons. The maximum Gasteiger partial charge on any atom is 0.255 e. The minimum absolute atomic E-state index is 0.745. The highest BCUT2D eigenvalue weighted by Gasteiger charge is 2.15. The lowest BCUT2D eigenvalue weighted by Gasteiger charge is -2.25. The molecule has 1 aliphatic heterocycles. The average Bonchev–Trinajstić information content (AvgIpc) is 1.63. The van der Waals surface area contributed by atoms with Crippen LogP contribution in [0.1, 0.15) is 0 Å². The van der Waals surface area contributed by atoms with Crippen molar-refractivity contribution in [2.75, 3.05) is 13.1 Å². The summed E-state index contributed by atoms with van der Waals surface area (Å²) in [6.45, 7) is 2.19. The topological polar surface area (TPSA) is 35.8 Å². The molecular formula is C5H8BN2. The second kappa shape index (κ2) is 2.73. The van der Waals surface area contributed by atoms with E-state index in [-0.39, 0.29) is 0 Å². The van der Waals surface area contributed by atoms with Gasteiger partial charge < -0.3 is 5.32 Å². The smallest absolute Gasteiger partial charge is 0.255 e. The van der Waals surface area contributed by atoms with Crippen molar-refractivity contribution in [3.63, 3.8) is 0 Å². The molecule has 0 saturated carbocycles.